The molecule has 1 heterocycles. The molecule has 2 atom stereocenters. The SMILES string of the molecule is CCC(=O)N1CSCC1C(=O)N(C)CCC(N)C(C)C. The molecule has 0 saturated carbocycles. The zero-order chi connectivity index (χ0) is 15.3. The molecule has 0 aliphatic carbocycles. The average molecular weight is 301 g/mol. The van der Waals surface area contributed by atoms with Gasteiger partial charge < -0.3 is 15.5 Å². The van der Waals surface area contributed by atoms with E-state index in [1.807, 2.05) is 6.92 Å². The van der Waals surface area contributed by atoms with Gasteiger partial charge in [-0.15, -0.1) is 11.8 Å². The summed E-state index contributed by atoms with van der Waals surface area (Å²) in [5, 5.41) is 0. The maximum absolute atomic E-state index is 12.4. The van der Waals surface area contributed by atoms with Crippen LogP contribution in [0.15, 0.2) is 0 Å². The lowest BCUT2D eigenvalue weighted by Crippen LogP contribution is -2.48. The predicted octanol–water partition coefficient (Wildman–Crippen LogP) is 1.13. The van der Waals surface area contributed by atoms with Gasteiger partial charge in [0, 0.05) is 31.8 Å². The Kier molecular flexibility index (Phi) is 6.82. The van der Waals surface area contributed by atoms with E-state index in [-0.39, 0.29) is 23.9 Å². The van der Waals surface area contributed by atoms with Gasteiger partial charge in [-0.3, -0.25) is 9.59 Å². The minimum absolute atomic E-state index is 0.0350. The number of likely N-dealkylation sites (N-methyl/N-ethyl adjacent to an activating group) is 1. The summed E-state index contributed by atoms with van der Waals surface area (Å²) >= 11 is 1.64. The highest BCUT2D eigenvalue weighted by atomic mass is 32.2. The van der Waals surface area contributed by atoms with Gasteiger partial charge in [0.2, 0.25) is 11.8 Å². The first kappa shape index (κ1) is 17.3. The van der Waals surface area contributed by atoms with Crippen molar-refractivity contribution in [2.45, 2.75) is 45.7 Å². The van der Waals surface area contributed by atoms with Gasteiger partial charge in [-0.25, -0.2) is 0 Å². The van der Waals surface area contributed by atoms with E-state index in [9.17, 15) is 9.59 Å². The molecule has 1 saturated heterocycles. The van der Waals surface area contributed by atoms with Crippen molar-refractivity contribution >= 4 is 23.6 Å². The second-order valence-electron chi connectivity index (χ2n) is 5.69. The molecular weight excluding hydrogens is 274 g/mol. The Morgan fingerprint density at radius 3 is 2.65 bits per heavy atom. The third kappa shape index (κ3) is 4.38. The number of amides is 2. The largest absolute Gasteiger partial charge is 0.344 e. The Hall–Kier alpha value is -0.750. The maximum Gasteiger partial charge on any atom is 0.246 e. The van der Waals surface area contributed by atoms with Gasteiger partial charge in [0.05, 0.1) is 5.88 Å². The van der Waals surface area contributed by atoms with E-state index in [0.717, 1.165) is 6.42 Å². The van der Waals surface area contributed by atoms with Gasteiger partial charge >= 0.3 is 0 Å². The quantitative estimate of drug-likeness (QED) is 0.798. The molecule has 2 N–H and O–H groups in total. The van der Waals surface area contributed by atoms with Gasteiger partial charge in [-0.1, -0.05) is 20.8 Å². The lowest BCUT2D eigenvalue weighted by Gasteiger charge is -2.28. The molecule has 0 aromatic carbocycles. The summed E-state index contributed by atoms with van der Waals surface area (Å²) < 4.78 is 0. The average Bonchev–Trinajstić information content (AvgIpc) is 2.91. The second-order valence-corrected chi connectivity index (χ2v) is 6.69. The van der Waals surface area contributed by atoms with Crippen LogP contribution in [0.25, 0.3) is 0 Å². The maximum atomic E-state index is 12.4. The fourth-order valence-electron chi connectivity index (χ4n) is 2.14. The molecule has 2 amide bonds. The Morgan fingerprint density at radius 1 is 1.45 bits per heavy atom. The number of carbonyl (C=O) groups is 2. The van der Waals surface area contributed by atoms with Crippen LogP contribution in [-0.2, 0) is 9.59 Å². The number of thioether (sulfide) groups is 1. The first-order valence-electron chi connectivity index (χ1n) is 7.26. The smallest absolute Gasteiger partial charge is 0.246 e. The summed E-state index contributed by atoms with van der Waals surface area (Å²) in [7, 11) is 1.80. The third-order valence-electron chi connectivity index (χ3n) is 3.82. The first-order chi connectivity index (χ1) is 9.38. The molecule has 0 aromatic rings. The molecule has 0 bridgehead atoms. The third-order valence-corrected chi connectivity index (χ3v) is 4.83. The van der Waals surface area contributed by atoms with Crippen LogP contribution in [-0.4, -0.2) is 58.9 Å². The molecule has 1 aliphatic heterocycles. The molecule has 20 heavy (non-hydrogen) atoms. The molecule has 116 valence electrons. The molecular formula is C14H27N3O2S. The van der Waals surface area contributed by atoms with Crippen LogP contribution in [0.1, 0.15) is 33.6 Å². The Morgan fingerprint density at radius 2 is 2.10 bits per heavy atom. The van der Waals surface area contributed by atoms with Crippen molar-refractivity contribution in [1.82, 2.24) is 9.80 Å². The predicted molar refractivity (Wildman–Crippen MR) is 83.3 cm³/mol. The summed E-state index contributed by atoms with van der Waals surface area (Å²) in [6.07, 6.45) is 1.24. The molecule has 1 aliphatic rings. The van der Waals surface area contributed by atoms with E-state index >= 15 is 0 Å². The summed E-state index contributed by atoms with van der Waals surface area (Å²) in [6.45, 7) is 6.65. The van der Waals surface area contributed by atoms with Gasteiger partial charge in [-0.2, -0.15) is 0 Å². The molecule has 1 rings (SSSR count). The molecule has 2 unspecified atom stereocenters. The fraction of sp³-hybridized carbons (Fsp3) is 0.857. The van der Waals surface area contributed by atoms with Crippen molar-refractivity contribution in [3.05, 3.63) is 0 Å². The van der Waals surface area contributed by atoms with Crippen molar-refractivity contribution in [3.8, 4) is 0 Å². The highest BCUT2D eigenvalue weighted by Gasteiger charge is 2.35. The summed E-state index contributed by atoms with van der Waals surface area (Å²) in [6, 6.07) is -0.190. The summed E-state index contributed by atoms with van der Waals surface area (Å²) in [5.74, 6) is 1.83. The number of hydrogen-bond donors (Lipinski definition) is 1. The van der Waals surface area contributed by atoms with Crippen molar-refractivity contribution in [2.24, 2.45) is 11.7 Å². The van der Waals surface area contributed by atoms with E-state index < -0.39 is 0 Å². The zero-order valence-corrected chi connectivity index (χ0v) is 13.8. The Balaban J connectivity index is 2.53. The number of carbonyl (C=O) groups excluding carboxylic acids is 2. The molecule has 1 fully saturated rings. The minimum Gasteiger partial charge on any atom is -0.344 e. The van der Waals surface area contributed by atoms with Gasteiger partial charge in [0.15, 0.2) is 0 Å². The van der Waals surface area contributed by atoms with E-state index in [1.165, 1.54) is 0 Å². The monoisotopic (exact) mass is 301 g/mol. The highest BCUT2D eigenvalue weighted by Crippen LogP contribution is 2.23. The Labute approximate surface area is 126 Å². The standard InChI is InChI=1S/C14H27N3O2S/c1-5-13(18)17-9-20-8-12(17)14(19)16(4)7-6-11(15)10(2)3/h10-12H,5-9,15H2,1-4H3. The van der Waals surface area contributed by atoms with Crippen molar-refractivity contribution in [3.63, 3.8) is 0 Å². The minimum atomic E-state index is -0.298. The van der Waals surface area contributed by atoms with Crippen molar-refractivity contribution < 1.29 is 9.59 Å². The molecule has 6 heteroatoms. The molecule has 5 nitrogen and oxygen atoms in total. The summed E-state index contributed by atoms with van der Waals surface area (Å²) in [4.78, 5) is 27.7. The van der Waals surface area contributed by atoms with Crippen LogP contribution >= 0.6 is 11.8 Å². The van der Waals surface area contributed by atoms with Gasteiger partial charge in [0.25, 0.3) is 0 Å². The van der Waals surface area contributed by atoms with Crippen molar-refractivity contribution in [1.29, 1.82) is 0 Å². The van der Waals surface area contributed by atoms with Crippen LogP contribution < -0.4 is 5.73 Å². The Bertz CT molecular complexity index is 349. The zero-order valence-electron chi connectivity index (χ0n) is 13.0. The van der Waals surface area contributed by atoms with E-state index in [4.69, 9.17) is 5.73 Å². The molecule has 0 aromatic heterocycles. The number of rotatable bonds is 6. The second kappa shape index (κ2) is 7.88. The van der Waals surface area contributed by atoms with Gasteiger partial charge in [-0.05, 0) is 12.3 Å². The topological polar surface area (TPSA) is 66.6 Å². The lowest BCUT2D eigenvalue weighted by atomic mass is 10.0. The molecule has 0 radical (unpaired) electrons. The van der Waals surface area contributed by atoms with Crippen LogP contribution in [0.5, 0.6) is 0 Å². The first-order valence-corrected chi connectivity index (χ1v) is 8.41. The van der Waals surface area contributed by atoms with Gasteiger partial charge in [0.1, 0.15) is 6.04 Å². The molecule has 0 spiro atoms. The van der Waals surface area contributed by atoms with E-state index in [0.29, 0.717) is 30.5 Å². The van der Waals surface area contributed by atoms with E-state index in [2.05, 4.69) is 13.8 Å². The van der Waals surface area contributed by atoms with Crippen LogP contribution in [0.2, 0.25) is 0 Å². The summed E-state index contributed by atoms with van der Waals surface area (Å²) in [5.41, 5.74) is 6.01. The number of hydrogen-bond acceptors (Lipinski definition) is 4. The lowest BCUT2D eigenvalue weighted by molar-refractivity contribution is -0.142. The van der Waals surface area contributed by atoms with Crippen LogP contribution in [0, 0.1) is 5.92 Å². The highest BCUT2D eigenvalue weighted by molar-refractivity contribution is 7.99. The van der Waals surface area contributed by atoms with Crippen LogP contribution in [0.4, 0.5) is 0 Å². The van der Waals surface area contributed by atoms with E-state index in [1.54, 1.807) is 28.6 Å². The fourth-order valence-corrected chi connectivity index (χ4v) is 3.31. The number of nitrogens with zero attached hydrogens (tertiary/aromatic N) is 2. The number of nitrogens with two attached hydrogens (primary N) is 1. The van der Waals surface area contributed by atoms with Crippen LogP contribution in [0.3, 0.4) is 0 Å². The normalized spacial score (nSPS) is 20.3. The van der Waals surface area contributed by atoms with Crippen molar-refractivity contribution in [2.75, 3.05) is 25.2 Å².